The van der Waals surface area contributed by atoms with Crippen LogP contribution >= 0.6 is 7.60 Å². The van der Waals surface area contributed by atoms with Gasteiger partial charge in [0.2, 0.25) is 0 Å². The lowest BCUT2D eigenvalue weighted by Gasteiger charge is -2.24. The molecule has 0 atom stereocenters. The second kappa shape index (κ2) is 4.69. The van der Waals surface area contributed by atoms with Gasteiger partial charge in [-0.1, -0.05) is 26.8 Å². The van der Waals surface area contributed by atoms with E-state index < -0.39 is 7.60 Å². The van der Waals surface area contributed by atoms with Gasteiger partial charge in [0.05, 0.1) is 6.16 Å². The summed E-state index contributed by atoms with van der Waals surface area (Å²) in [5.41, 5.74) is 2.49. The minimum absolute atomic E-state index is 0.136. The maximum absolute atomic E-state index is 11.1. The Labute approximate surface area is 108 Å². The molecule has 0 unspecified atom stereocenters. The molecule has 18 heavy (non-hydrogen) atoms. The number of rotatable bonds is 2. The number of phenols is 1. The SMILES string of the molecule is Cc1cc(C(C)(C)C)c(O)c(C)c1CP(=O)(O)O. The fourth-order valence-electron chi connectivity index (χ4n) is 2.03. The third-order valence-electron chi connectivity index (χ3n) is 3.07. The molecule has 0 spiro atoms. The van der Waals surface area contributed by atoms with Crippen LogP contribution in [0.25, 0.3) is 0 Å². The highest BCUT2D eigenvalue weighted by Crippen LogP contribution is 2.44. The summed E-state index contributed by atoms with van der Waals surface area (Å²) in [4.78, 5) is 18.1. The van der Waals surface area contributed by atoms with Crippen molar-refractivity contribution in [2.45, 2.75) is 46.2 Å². The van der Waals surface area contributed by atoms with Crippen molar-refractivity contribution in [1.29, 1.82) is 0 Å². The average molecular weight is 272 g/mol. The summed E-state index contributed by atoms with van der Waals surface area (Å²) >= 11 is 0. The lowest BCUT2D eigenvalue weighted by molar-refractivity contribution is 0.371. The van der Waals surface area contributed by atoms with Gasteiger partial charge in [-0.3, -0.25) is 4.57 Å². The Bertz CT molecular complexity index is 509. The summed E-state index contributed by atoms with van der Waals surface area (Å²) in [5, 5.41) is 10.2. The highest BCUT2D eigenvalue weighted by atomic mass is 31.2. The summed E-state index contributed by atoms with van der Waals surface area (Å²) in [5.74, 6) is 0.136. The van der Waals surface area contributed by atoms with Crippen molar-refractivity contribution in [3.63, 3.8) is 0 Å². The fourth-order valence-corrected chi connectivity index (χ4v) is 2.93. The Balaban J connectivity index is 3.43. The molecule has 102 valence electrons. The molecule has 0 saturated carbocycles. The number of hydrogen-bond donors (Lipinski definition) is 3. The molecule has 1 rings (SSSR count). The highest BCUT2D eigenvalue weighted by molar-refractivity contribution is 7.50. The van der Waals surface area contributed by atoms with Gasteiger partial charge in [-0.05, 0) is 41.5 Å². The molecule has 0 aliphatic heterocycles. The largest absolute Gasteiger partial charge is 0.507 e. The van der Waals surface area contributed by atoms with Crippen LogP contribution in [0.1, 0.15) is 43.0 Å². The monoisotopic (exact) mass is 272 g/mol. The number of aromatic hydroxyl groups is 1. The average Bonchev–Trinajstić information content (AvgIpc) is 2.15. The van der Waals surface area contributed by atoms with E-state index in [1.807, 2.05) is 33.8 Å². The van der Waals surface area contributed by atoms with Crippen LogP contribution in [0.3, 0.4) is 0 Å². The van der Waals surface area contributed by atoms with Crippen molar-refractivity contribution in [2.75, 3.05) is 0 Å². The second-order valence-electron chi connectivity index (χ2n) is 5.77. The zero-order chi connectivity index (χ0) is 14.3. The second-order valence-corrected chi connectivity index (χ2v) is 7.41. The van der Waals surface area contributed by atoms with E-state index in [1.54, 1.807) is 6.92 Å². The van der Waals surface area contributed by atoms with Gasteiger partial charge in [-0.25, -0.2) is 0 Å². The molecule has 0 aromatic heterocycles. The molecule has 0 bridgehead atoms. The van der Waals surface area contributed by atoms with Crippen molar-refractivity contribution >= 4 is 7.60 Å². The zero-order valence-electron chi connectivity index (χ0n) is 11.5. The standard InChI is InChI=1S/C13H21O4P/c1-8-6-11(13(3,4)5)12(14)9(2)10(8)7-18(15,16)17/h6,14H,7H2,1-5H3,(H2,15,16,17). The van der Waals surface area contributed by atoms with E-state index in [0.29, 0.717) is 11.1 Å². The Hall–Kier alpha value is -0.830. The molecule has 0 saturated heterocycles. The summed E-state index contributed by atoms with van der Waals surface area (Å²) < 4.78 is 11.1. The molecule has 0 radical (unpaired) electrons. The van der Waals surface area contributed by atoms with Crippen LogP contribution in [0.15, 0.2) is 6.07 Å². The Kier molecular flexibility index (Phi) is 3.97. The van der Waals surface area contributed by atoms with E-state index in [4.69, 9.17) is 9.79 Å². The molecule has 3 N–H and O–H groups in total. The van der Waals surface area contributed by atoms with Gasteiger partial charge in [-0.15, -0.1) is 0 Å². The van der Waals surface area contributed by atoms with Gasteiger partial charge >= 0.3 is 7.60 Å². The van der Waals surface area contributed by atoms with E-state index in [2.05, 4.69) is 0 Å². The topological polar surface area (TPSA) is 77.8 Å². The first-order valence-corrected chi connectivity index (χ1v) is 7.60. The number of hydrogen-bond acceptors (Lipinski definition) is 2. The van der Waals surface area contributed by atoms with E-state index in [0.717, 1.165) is 11.1 Å². The minimum atomic E-state index is -4.13. The third-order valence-corrected chi connectivity index (χ3v) is 3.80. The maximum atomic E-state index is 11.1. The Morgan fingerprint density at radius 2 is 1.72 bits per heavy atom. The molecule has 0 fully saturated rings. The third kappa shape index (κ3) is 3.35. The van der Waals surface area contributed by atoms with Crippen molar-refractivity contribution in [3.05, 3.63) is 28.3 Å². The lowest BCUT2D eigenvalue weighted by Crippen LogP contribution is -2.13. The van der Waals surface area contributed by atoms with Gasteiger partial charge in [-0.2, -0.15) is 0 Å². The Morgan fingerprint density at radius 3 is 2.11 bits per heavy atom. The first kappa shape index (κ1) is 15.2. The van der Waals surface area contributed by atoms with E-state index in [-0.39, 0.29) is 17.3 Å². The smallest absolute Gasteiger partial charge is 0.329 e. The van der Waals surface area contributed by atoms with Crippen LogP contribution in [0.2, 0.25) is 0 Å². The van der Waals surface area contributed by atoms with Crippen LogP contribution in [-0.4, -0.2) is 14.9 Å². The normalized spacial score (nSPS) is 12.8. The molecule has 5 heteroatoms. The molecular formula is C13H21O4P. The molecule has 0 aliphatic carbocycles. The van der Waals surface area contributed by atoms with Crippen LogP contribution in [-0.2, 0) is 16.1 Å². The van der Waals surface area contributed by atoms with Crippen LogP contribution < -0.4 is 0 Å². The van der Waals surface area contributed by atoms with Gasteiger partial charge in [0.15, 0.2) is 0 Å². The molecule has 0 amide bonds. The summed E-state index contributed by atoms with van der Waals surface area (Å²) in [6, 6.07) is 1.81. The van der Waals surface area contributed by atoms with Crippen LogP contribution in [0.4, 0.5) is 0 Å². The predicted octanol–water partition coefficient (Wildman–Crippen LogP) is 2.98. The van der Waals surface area contributed by atoms with Crippen LogP contribution in [0.5, 0.6) is 5.75 Å². The summed E-state index contributed by atoms with van der Waals surface area (Å²) in [6.07, 6.45) is -0.331. The van der Waals surface area contributed by atoms with Gasteiger partial charge in [0.25, 0.3) is 0 Å². The van der Waals surface area contributed by atoms with Gasteiger partial charge < -0.3 is 14.9 Å². The number of phenolic OH excluding ortho intramolecular Hbond substituents is 1. The fraction of sp³-hybridized carbons (Fsp3) is 0.538. The van der Waals surface area contributed by atoms with Crippen molar-refractivity contribution in [3.8, 4) is 5.75 Å². The molecule has 0 aliphatic rings. The first-order chi connectivity index (χ1) is 7.93. The van der Waals surface area contributed by atoms with Crippen molar-refractivity contribution in [2.24, 2.45) is 0 Å². The lowest BCUT2D eigenvalue weighted by atomic mass is 9.83. The molecular weight excluding hydrogens is 251 g/mol. The molecule has 0 heterocycles. The van der Waals surface area contributed by atoms with Crippen molar-refractivity contribution in [1.82, 2.24) is 0 Å². The zero-order valence-corrected chi connectivity index (χ0v) is 12.4. The van der Waals surface area contributed by atoms with Gasteiger partial charge in [0.1, 0.15) is 5.75 Å². The number of aryl methyl sites for hydroxylation is 1. The van der Waals surface area contributed by atoms with E-state index >= 15 is 0 Å². The molecule has 4 nitrogen and oxygen atoms in total. The molecule has 1 aromatic carbocycles. The quantitative estimate of drug-likeness (QED) is 0.723. The van der Waals surface area contributed by atoms with Crippen LogP contribution in [0, 0.1) is 13.8 Å². The van der Waals surface area contributed by atoms with E-state index in [1.165, 1.54) is 0 Å². The number of benzene rings is 1. The maximum Gasteiger partial charge on any atom is 0.329 e. The predicted molar refractivity (Wildman–Crippen MR) is 72.0 cm³/mol. The van der Waals surface area contributed by atoms with Gasteiger partial charge in [0, 0.05) is 0 Å². The summed E-state index contributed by atoms with van der Waals surface area (Å²) in [7, 11) is -4.13. The Morgan fingerprint density at radius 1 is 1.22 bits per heavy atom. The summed E-state index contributed by atoms with van der Waals surface area (Å²) in [6.45, 7) is 9.48. The minimum Gasteiger partial charge on any atom is -0.507 e. The molecule has 1 aromatic rings. The first-order valence-electron chi connectivity index (χ1n) is 5.80. The van der Waals surface area contributed by atoms with Crippen molar-refractivity contribution < 1.29 is 19.5 Å². The van der Waals surface area contributed by atoms with E-state index in [9.17, 15) is 9.67 Å². The highest BCUT2D eigenvalue weighted by Gasteiger charge is 2.24.